The summed E-state index contributed by atoms with van der Waals surface area (Å²) >= 11 is 5.95. The second kappa shape index (κ2) is 6.47. The van der Waals surface area contributed by atoms with E-state index in [0.717, 1.165) is 17.5 Å². The zero-order valence-electron chi connectivity index (χ0n) is 13.1. The summed E-state index contributed by atoms with van der Waals surface area (Å²) in [5, 5.41) is 4.28. The van der Waals surface area contributed by atoms with Crippen LogP contribution in [0.15, 0.2) is 52.9 Å². The Morgan fingerprint density at radius 3 is 2.61 bits per heavy atom. The van der Waals surface area contributed by atoms with E-state index in [9.17, 15) is 4.79 Å². The second-order valence-corrected chi connectivity index (χ2v) is 6.11. The fourth-order valence-electron chi connectivity index (χ4n) is 2.45. The van der Waals surface area contributed by atoms with E-state index in [1.54, 1.807) is 24.3 Å². The summed E-state index contributed by atoms with van der Waals surface area (Å²) < 4.78 is 5.57. The monoisotopic (exact) mass is 327 g/mol. The molecular weight excluding hydrogens is 310 g/mol. The van der Waals surface area contributed by atoms with Crippen LogP contribution in [0.25, 0.3) is 11.0 Å². The molecule has 0 radical (unpaired) electrons. The molecule has 3 aromatic rings. The molecule has 0 bridgehead atoms. The zero-order chi connectivity index (χ0) is 16.4. The van der Waals surface area contributed by atoms with Gasteiger partial charge in [0.25, 0.3) is 5.91 Å². The molecule has 1 aromatic heterocycles. The standard InChI is InChI=1S/C19H18ClNO2/c1-3-12(2)13-4-7-16(8-5-13)21-19(22)18-11-14-10-15(20)6-9-17(14)23-18/h4-12H,3H2,1-2H3,(H,21,22)/t12-/m1/s1. The lowest BCUT2D eigenvalue weighted by atomic mass is 9.99. The number of nitrogens with one attached hydrogen (secondary N) is 1. The van der Waals surface area contributed by atoms with E-state index in [-0.39, 0.29) is 11.7 Å². The summed E-state index contributed by atoms with van der Waals surface area (Å²) in [7, 11) is 0. The molecule has 0 aliphatic rings. The lowest BCUT2D eigenvalue weighted by Gasteiger charge is -2.10. The number of amides is 1. The summed E-state index contributed by atoms with van der Waals surface area (Å²) in [6.45, 7) is 4.35. The highest BCUT2D eigenvalue weighted by Gasteiger charge is 2.13. The largest absolute Gasteiger partial charge is 0.451 e. The highest BCUT2D eigenvalue weighted by molar-refractivity contribution is 6.31. The maximum atomic E-state index is 12.3. The molecule has 3 nitrogen and oxygen atoms in total. The molecule has 0 spiro atoms. The van der Waals surface area contributed by atoms with Crippen LogP contribution in [-0.4, -0.2) is 5.91 Å². The Labute approximate surface area is 140 Å². The number of benzene rings is 2. The van der Waals surface area contributed by atoms with E-state index in [1.165, 1.54) is 5.56 Å². The molecule has 0 saturated carbocycles. The van der Waals surface area contributed by atoms with Crippen LogP contribution in [0.3, 0.4) is 0 Å². The molecule has 3 rings (SSSR count). The number of halogens is 1. The van der Waals surface area contributed by atoms with Crippen molar-refractivity contribution in [3.63, 3.8) is 0 Å². The van der Waals surface area contributed by atoms with Gasteiger partial charge in [-0.15, -0.1) is 0 Å². The Hall–Kier alpha value is -2.26. The van der Waals surface area contributed by atoms with Gasteiger partial charge in [-0.3, -0.25) is 4.79 Å². The van der Waals surface area contributed by atoms with Crippen molar-refractivity contribution >= 4 is 34.2 Å². The molecule has 23 heavy (non-hydrogen) atoms. The van der Waals surface area contributed by atoms with Gasteiger partial charge in [-0.2, -0.15) is 0 Å². The summed E-state index contributed by atoms with van der Waals surface area (Å²) in [4.78, 5) is 12.3. The van der Waals surface area contributed by atoms with Gasteiger partial charge in [0, 0.05) is 16.1 Å². The van der Waals surface area contributed by atoms with Crippen molar-refractivity contribution in [2.75, 3.05) is 5.32 Å². The van der Waals surface area contributed by atoms with E-state index >= 15 is 0 Å². The normalized spacial score (nSPS) is 12.3. The number of anilines is 1. The van der Waals surface area contributed by atoms with Crippen LogP contribution in [0.2, 0.25) is 5.02 Å². The summed E-state index contributed by atoms with van der Waals surface area (Å²) in [6, 6.07) is 14.9. The number of hydrogen-bond donors (Lipinski definition) is 1. The first-order valence-electron chi connectivity index (χ1n) is 7.67. The van der Waals surface area contributed by atoms with Gasteiger partial charge < -0.3 is 9.73 Å². The van der Waals surface area contributed by atoms with Crippen LogP contribution in [0.5, 0.6) is 0 Å². The number of rotatable bonds is 4. The SMILES string of the molecule is CC[C@@H](C)c1ccc(NC(=O)c2cc3cc(Cl)ccc3o2)cc1. The molecular formula is C19H18ClNO2. The maximum absolute atomic E-state index is 12.3. The van der Waals surface area contributed by atoms with E-state index in [0.29, 0.717) is 16.5 Å². The van der Waals surface area contributed by atoms with Crippen molar-refractivity contribution < 1.29 is 9.21 Å². The van der Waals surface area contributed by atoms with Crippen molar-refractivity contribution in [3.8, 4) is 0 Å². The van der Waals surface area contributed by atoms with Crippen LogP contribution in [0, 0.1) is 0 Å². The van der Waals surface area contributed by atoms with Crippen molar-refractivity contribution in [1.82, 2.24) is 0 Å². The van der Waals surface area contributed by atoms with Crippen molar-refractivity contribution in [3.05, 3.63) is 64.9 Å². The molecule has 1 N–H and O–H groups in total. The fraction of sp³-hybridized carbons (Fsp3) is 0.211. The van der Waals surface area contributed by atoms with Crippen molar-refractivity contribution in [2.45, 2.75) is 26.2 Å². The fourth-order valence-corrected chi connectivity index (χ4v) is 2.63. The van der Waals surface area contributed by atoms with E-state index in [2.05, 4.69) is 19.2 Å². The Balaban J connectivity index is 1.77. The Bertz CT molecular complexity index is 836. The number of furan rings is 1. The van der Waals surface area contributed by atoms with Crippen LogP contribution in [-0.2, 0) is 0 Å². The van der Waals surface area contributed by atoms with E-state index < -0.39 is 0 Å². The topological polar surface area (TPSA) is 42.2 Å². The minimum Gasteiger partial charge on any atom is -0.451 e. The second-order valence-electron chi connectivity index (χ2n) is 5.68. The predicted molar refractivity (Wildman–Crippen MR) is 94.3 cm³/mol. The molecule has 1 amide bonds. The maximum Gasteiger partial charge on any atom is 0.291 e. The zero-order valence-corrected chi connectivity index (χ0v) is 13.9. The molecule has 118 valence electrons. The van der Waals surface area contributed by atoms with Gasteiger partial charge >= 0.3 is 0 Å². The van der Waals surface area contributed by atoms with E-state index in [4.69, 9.17) is 16.0 Å². The molecule has 0 aliphatic carbocycles. The average molecular weight is 328 g/mol. The third-order valence-corrected chi connectivity index (χ3v) is 4.29. The number of carbonyl (C=O) groups excluding carboxylic acids is 1. The van der Waals surface area contributed by atoms with Crippen LogP contribution >= 0.6 is 11.6 Å². The van der Waals surface area contributed by atoms with Gasteiger partial charge in [-0.1, -0.05) is 37.6 Å². The quantitative estimate of drug-likeness (QED) is 0.652. The van der Waals surface area contributed by atoms with Gasteiger partial charge in [0.2, 0.25) is 0 Å². The highest BCUT2D eigenvalue weighted by atomic mass is 35.5. The third kappa shape index (κ3) is 3.40. The van der Waals surface area contributed by atoms with Gasteiger partial charge in [-0.25, -0.2) is 0 Å². The number of fused-ring (bicyclic) bond motifs is 1. The van der Waals surface area contributed by atoms with Crippen molar-refractivity contribution in [2.24, 2.45) is 0 Å². The van der Waals surface area contributed by atoms with Gasteiger partial charge in [0.15, 0.2) is 5.76 Å². The summed E-state index contributed by atoms with van der Waals surface area (Å²) in [5.41, 5.74) is 2.66. The summed E-state index contributed by atoms with van der Waals surface area (Å²) in [5.74, 6) is 0.516. The molecule has 0 unspecified atom stereocenters. The molecule has 0 fully saturated rings. The van der Waals surface area contributed by atoms with Crippen molar-refractivity contribution in [1.29, 1.82) is 0 Å². The molecule has 1 atom stereocenters. The van der Waals surface area contributed by atoms with Crippen LogP contribution in [0.4, 0.5) is 5.69 Å². The first-order valence-corrected chi connectivity index (χ1v) is 8.05. The number of hydrogen-bond acceptors (Lipinski definition) is 2. The van der Waals surface area contributed by atoms with E-state index in [1.807, 2.05) is 24.3 Å². The Morgan fingerprint density at radius 2 is 1.91 bits per heavy atom. The Kier molecular flexibility index (Phi) is 4.39. The lowest BCUT2D eigenvalue weighted by Crippen LogP contribution is -2.10. The molecule has 2 aromatic carbocycles. The smallest absolute Gasteiger partial charge is 0.291 e. The lowest BCUT2D eigenvalue weighted by molar-refractivity contribution is 0.0998. The number of carbonyl (C=O) groups is 1. The first-order chi connectivity index (χ1) is 11.1. The first kappa shape index (κ1) is 15.6. The third-order valence-electron chi connectivity index (χ3n) is 4.05. The minimum atomic E-state index is -0.270. The predicted octanol–water partition coefficient (Wildman–Crippen LogP) is 5.85. The van der Waals surface area contributed by atoms with Gasteiger partial charge in [0.05, 0.1) is 0 Å². The van der Waals surface area contributed by atoms with Crippen LogP contribution < -0.4 is 5.32 Å². The Morgan fingerprint density at radius 1 is 1.17 bits per heavy atom. The molecule has 0 aliphatic heterocycles. The van der Waals surface area contributed by atoms with Gasteiger partial charge in [0.1, 0.15) is 5.58 Å². The molecule has 4 heteroatoms. The van der Waals surface area contributed by atoms with Gasteiger partial charge in [-0.05, 0) is 54.3 Å². The molecule has 1 heterocycles. The van der Waals surface area contributed by atoms with Crippen LogP contribution in [0.1, 0.15) is 42.3 Å². The minimum absolute atomic E-state index is 0.270. The highest BCUT2D eigenvalue weighted by Crippen LogP contribution is 2.24. The average Bonchev–Trinajstić information content (AvgIpc) is 2.98. The summed E-state index contributed by atoms with van der Waals surface area (Å²) in [6.07, 6.45) is 1.09. The molecule has 0 saturated heterocycles.